The van der Waals surface area contributed by atoms with E-state index in [2.05, 4.69) is 27.8 Å². The Balaban J connectivity index is 1.82. The summed E-state index contributed by atoms with van der Waals surface area (Å²) >= 11 is 0. The van der Waals surface area contributed by atoms with E-state index in [4.69, 9.17) is 4.74 Å². The Morgan fingerprint density at radius 2 is 2.12 bits per heavy atom. The van der Waals surface area contributed by atoms with Crippen molar-refractivity contribution in [3.8, 4) is 5.75 Å². The Hall–Kier alpha value is -1.76. The van der Waals surface area contributed by atoms with E-state index in [0.717, 1.165) is 38.3 Å². The maximum absolute atomic E-state index is 11.5. The molecule has 0 fully saturated rings. The van der Waals surface area contributed by atoms with E-state index in [1.807, 2.05) is 13.0 Å². The Morgan fingerprint density at radius 1 is 1.29 bits per heavy atom. The highest BCUT2D eigenvalue weighted by Gasteiger charge is 2.12. The zero-order chi connectivity index (χ0) is 17.4. The normalized spacial score (nSPS) is 14.2. The molecule has 1 aromatic carbocycles. The molecule has 0 bridgehead atoms. The fourth-order valence-corrected chi connectivity index (χ4v) is 3.16. The molecule has 0 amide bonds. The molecule has 2 N–H and O–H groups in total. The van der Waals surface area contributed by atoms with E-state index in [0.29, 0.717) is 5.96 Å². The SMILES string of the molecule is CCNC(=NCCS(=O)(=O)CC)NCCc1ccc2c(c1)CCO2. The van der Waals surface area contributed by atoms with Gasteiger partial charge in [0, 0.05) is 25.3 Å². The largest absolute Gasteiger partial charge is 0.493 e. The molecule has 0 saturated carbocycles. The van der Waals surface area contributed by atoms with Crippen molar-refractivity contribution < 1.29 is 13.2 Å². The van der Waals surface area contributed by atoms with Crippen LogP contribution >= 0.6 is 0 Å². The van der Waals surface area contributed by atoms with Crippen LogP contribution in [0.4, 0.5) is 0 Å². The third kappa shape index (κ3) is 5.70. The second-order valence-electron chi connectivity index (χ2n) is 5.71. The van der Waals surface area contributed by atoms with Gasteiger partial charge in [-0.2, -0.15) is 0 Å². The number of ether oxygens (including phenoxy) is 1. The lowest BCUT2D eigenvalue weighted by Crippen LogP contribution is -2.38. The van der Waals surface area contributed by atoms with Crippen molar-refractivity contribution >= 4 is 15.8 Å². The Bertz CT molecular complexity index is 672. The molecule has 0 atom stereocenters. The molecule has 0 radical (unpaired) electrons. The number of hydrogen-bond donors (Lipinski definition) is 2. The van der Waals surface area contributed by atoms with E-state index in [-0.39, 0.29) is 18.1 Å². The van der Waals surface area contributed by atoms with Gasteiger partial charge in [-0.05, 0) is 30.5 Å². The summed E-state index contributed by atoms with van der Waals surface area (Å²) in [5.74, 6) is 1.91. The van der Waals surface area contributed by atoms with Crippen molar-refractivity contribution in [2.24, 2.45) is 4.99 Å². The maximum atomic E-state index is 11.5. The van der Waals surface area contributed by atoms with Crippen LogP contribution in [0.3, 0.4) is 0 Å². The van der Waals surface area contributed by atoms with Crippen LogP contribution in [0, 0.1) is 0 Å². The highest BCUT2D eigenvalue weighted by molar-refractivity contribution is 7.91. The summed E-state index contributed by atoms with van der Waals surface area (Å²) in [5.41, 5.74) is 2.54. The van der Waals surface area contributed by atoms with Crippen LogP contribution < -0.4 is 15.4 Å². The van der Waals surface area contributed by atoms with Crippen molar-refractivity contribution in [2.45, 2.75) is 26.7 Å². The molecule has 1 heterocycles. The van der Waals surface area contributed by atoms with Crippen LogP contribution in [0.2, 0.25) is 0 Å². The standard InChI is InChI=1S/C17H27N3O3S/c1-3-18-17(20-10-12-24(21,22)4-2)19-9-7-14-5-6-16-15(13-14)8-11-23-16/h5-6,13H,3-4,7-12H2,1-2H3,(H2,18,19,20). The second kappa shape index (κ2) is 8.92. The van der Waals surface area contributed by atoms with Crippen LogP contribution in [0.25, 0.3) is 0 Å². The second-order valence-corrected chi connectivity index (χ2v) is 8.19. The van der Waals surface area contributed by atoms with Gasteiger partial charge in [0.1, 0.15) is 5.75 Å². The molecule has 1 aromatic rings. The molecule has 0 saturated heterocycles. The lowest BCUT2D eigenvalue weighted by atomic mass is 10.1. The van der Waals surface area contributed by atoms with Crippen LogP contribution in [-0.4, -0.2) is 52.1 Å². The summed E-state index contributed by atoms with van der Waals surface area (Å²) in [6, 6.07) is 6.32. The van der Waals surface area contributed by atoms with E-state index in [1.54, 1.807) is 6.92 Å². The van der Waals surface area contributed by atoms with Crippen molar-refractivity contribution in [1.82, 2.24) is 10.6 Å². The molecular weight excluding hydrogens is 326 g/mol. The van der Waals surface area contributed by atoms with Gasteiger partial charge in [0.15, 0.2) is 15.8 Å². The summed E-state index contributed by atoms with van der Waals surface area (Å²) in [4.78, 5) is 4.33. The van der Waals surface area contributed by atoms with Gasteiger partial charge in [-0.25, -0.2) is 8.42 Å². The molecule has 1 aliphatic rings. The average molecular weight is 353 g/mol. The van der Waals surface area contributed by atoms with Crippen LogP contribution in [0.15, 0.2) is 23.2 Å². The molecule has 6 nitrogen and oxygen atoms in total. The number of benzene rings is 1. The number of aliphatic imine (C=N–C) groups is 1. The fraction of sp³-hybridized carbons (Fsp3) is 0.588. The van der Waals surface area contributed by atoms with Crippen molar-refractivity contribution in [3.05, 3.63) is 29.3 Å². The summed E-state index contributed by atoms with van der Waals surface area (Å²) in [7, 11) is -2.97. The summed E-state index contributed by atoms with van der Waals surface area (Å²) in [6.07, 6.45) is 1.86. The molecule has 24 heavy (non-hydrogen) atoms. The zero-order valence-corrected chi connectivity index (χ0v) is 15.3. The maximum Gasteiger partial charge on any atom is 0.191 e. The summed E-state index contributed by atoms with van der Waals surface area (Å²) < 4.78 is 28.5. The molecule has 7 heteroatoms. The molecule has 0 spiro atoms. The van der Waals surface area contributed by atoms with Gasteiger partial charge in [-0.1, -0.05) is 19.1 Å². The van der Waals surface area contributed by atoms with Gasteiger partial charge in [0.25, 0.3) is 0 Å². The molecule has 0 aromatic heterocycles. The number of nitrogens with zero attached hydrogens (tertiary/aromatic N) is 1. The Kier molecular flexibility index (Phi) is 6.90. The van der Waals surface area contributed by atoms with E-state index in [1.165, 1.54) is 11.1 Å². The first-order valence-corrected chi connectivity index (χ1v) is 10.3. The fourth-order valence-electron chi connectivity index (χ4n) is 2.50. The number of sulfone groups is 1. The lowest BCUT2D eigenvalue weighted by Gasteiger charge is -2.11. The zero-order valence-electron chi connectivity index (χ0n) is 14.5. The number of rotatable bonds is 8. The van der Waals surface area contributed by atoms with Crippen LogP contribution in [0.1, 0.15) is 25.0 Å². The van der Waals surface area contributed by atoms with Crippen molar-refractivity contribution in [2.75, 3.05) is 37.7 Å². The first-order chi connectivity index (χ1) is 11.5. The lowest BCUT2D eigenvalue weighted by molar-refractivity contribution is 0.357. The van der Waals surface area contributed by atoms with Gasteiger partial charge in [0.2, 0.25) is 0 Å². The molecule has 0 unspecified atom stereocenters. The van der Waals surface area contributed by atoms with Gasteiger partial charge < -0.3 is 15.4 Å². The average Bonchev–Trinajstić information content (AvgIpc) is 3.02. The topological polar surface area (TPSA) is 79.8 Å². The highest BCUT2D eigenvalue weighted by atomic mass is 32.2. The van der Waals surface area contributed by atoms with Gasteiger partial charge in [-0.15, -0.1) is 0 Å². The number of guanidine groups is 1. The highest BCUT2D eigenvalue weighted by Crippen LogP contribution is 2.25. The Morgan fingerprint density at radius 3 is 2.88 bits per heavy atom. The Labute approximate surface area is 144 Å². The van der Waals surface area contributed by atoms with E-state index in [9.17, 15) is 8.42 Å². The molecular formula is C17H27N3O3S. The van der Waals surface area contributed by atoms with Gasteiger partial charge >= 0.3 is 0 Å². The molecule has 2 rings (SSSR count). The first-order valence-electron chi connectivity index (χ1n) is 8.51. The van der Waals surface area contributed by atoms with Crippen LogP contribution in [-0.2, 0) is 22.7 Å². The number of fused-ring (bicyclic) bond motifs is 1. The monoisotopic (exact) mass is 353 g/mol. The van der Waals surface area contributed by atoms with Crippen molar-refractivity contribution in [3.63, 3.8) is 0 Å². The van der Waals surface area contributed by atoms with E-state index >= 15 is 0 Å². The predicted octanol–water partition coefficient (Wildman–Crippen LogP) is 1.15. The van der Waals surface area contributed by atoms with Crippen molar-refractivity contribution in [1.29, 1.82) is 0 Å². The van der Waals surface area contributed by atoms with Crippen LogP contribution in [0.5, 0.6) is 5.75 Å². The minimum atomic E-state index is -2.97. The summed E-state index contributed by atoms with van der Waals surface area (Å²) in [6.45, 7) is 6.18. The minimum absolute atomic E-state index is 0.0882. The predicted molar refractivity (Wildman–Crippen MR) is 97.7 cm³/mol. The summed E-state index contributed by atoms with van der Waals surface area (Å²) in [5, 5.41) is 6.39. The van der Waals surface area contributed by atoms with Gasteiger partial charge in [-0.3, -0.25) is 4.99 Å². The minimum Gasteiger partial charge on any atom is -0.493 e. The first kappa shape index (κ1) is 18.6. The molecule has 134 valence electrons. The third-order valence-corrected chi connectivity index (χ3v) is 5.60. The molecule has 1 aliphatic heterocycles. The quantitative estimate of drug-likeness (QED) is 0.541. The smallest absolute Gasteiger partial charge is 0.191 e. The molecule has 0 aliphatic carbocycles. The number of nitrogens with one attached hydrogen (secondary N) is 2. The van der Waals surface area contributed by atoms with E-state index < -0.39 is 9.84 Å². The van der Waals surface area contributed by atoms with Gasteiger partial charge in [0.05, 0.1) is 18.9 Å². The third-order valence-electron chi connectivity index (χ3n) is 3.92. The number of hydrogen-bond acceptors (Lipinski definition) is 4.